The van der Waals surface area contributed by atoms with Crippen LogP contribution < -0.4 is 0 Å². The second-order valence-electron chi connectivity index (χ2n) is 7.03. The van der Waals surface area contributed by atoms with E-state index in [1.165, 1.54) is 0 Å². The molecule has 0 heterocycles. The molecule has 0 aliphatic heterocycles. The quantitative estimate of drug-likeness (QED) is 0.548. The van der Waals surface area contributed by atoms with Gasteiger partial charge in [-0.1, -0.05) is 63.8 Å². The van der Waals surface area contributed by atoms with Crippen molar-refractivity contribution in [2.24, 2.45) is 0 Å². The average molecular weight is 391 g/mol. The van der Waals surface area contributed by atoms with E-state index in [1.807, 2.05) is 0 Å². The molecule has 2 unspecified atom stereocenters. The van der Waals surface area contributed by atoms with Gasteiger partial charge >= 0.3 is 0 Å². The molecule has 0 radical (unpaired) electrons. The van der Waals surface area contributed by atoms with Gasteiger partial charge in [-0.25, -0.2) is 8.42 Å². The molecule has 0 aromatic heterocycles. The van der Waals surface area contributed by atoms with Crippen molar-refractivity contribution in [1.82, 2.24) is 0 Å². The fraction of sp³-hybridized carbons (Fsp3) is 0.455. The van der Waals surface area contributed by atoms with Crippen LogP contribution in [0.5, 0.6) is 11.5 Å². The minimum Gasteiger partial charge on any atom is -0.508 e. The van der Waals surface area contributed by atoms with Crippen LogP contribution in [0, 0.1) is 0 Å². The molecule has 0 amide bonds. The van der Waals surface area contributed by atoms with E-state index in [2.05, 4.69) is 13.8 Å². The van der Waals surface area contributed by atoms with E-state index >= 15 is 0 Å². The molecule has 0 aliphatic carbocycles. The van der Waals surface area contributed by atoms with Crippen LogP contribution in [0.15, 0.2) is 48.5 Å². The van der Waals surface area contributed by atoms with Crippen molar-refractivity contribution in [2.45, 2.75) is 62.9 Å². The van der Waals surface area contributed by atoms with Crippen LogP contribution in [-0.2, 0) is 9.84 Å². The molecule has 0 aliphatic rings. The number of phenolic OH excluding ortho intramolecular Hbond substituents is 2. The van der Waals surface area contributed by atoms with Crippen LogP contribution in [-0.4, -0.2) is 18.6 Å². The SMILES string of the molecule is CCCCC(c1ccc(O)cc1)S(=O)(=O)C(CCCC)c1ccc(O)cc1. The topological polar surface area (TPSA) is 74.6 Å². The summed E-state index contributed by atoms with van der Waals surface area (Å²) in [5, 5.41) is 17.9. The van der Waals surface area contributed by atoms with Gasteiger partial charge in [-0.2, -0.15) is 0 Å². The molecule has 0 bridgehead atoms. The largest absolute Gasteiger partial charge is 0.508 e. The minimum atomic E-state index is -3.50. The predicted molar refractivity (Wildman–Crippen MR) is 110 cm³/mol. The number of unbranched alkanes of at least 4 members (excludes halogenated alkanes) is 2. The first-order valence-corrected chi connectivity index (χ1v) is 11.3. The van der Waals surface area contributed by atoms with Crippen LogP contribution in [0.1, 0.15) is 74.0 Å². The van der Waals surface area contributed by atoms with Gasteiger partial charge in [0.25, 0.3) is 0 Å². The first-order valence-electron chi connectivity index (χ1n) is 9.70. The van der Waals surface area contributed by atoms with E-state index < -0.39 is 20.3 Å². The summed E-state index contributed by atoms with van der Waals surface area (Å²) < 4.78 is 27.4. The smallest absolute Gasteiger partial charge is 0.164 e. The van der Waals surface area contributed by atoms with Crippen molar-refractivity contribution in [3.8, 4) is 11.5 Å². The number of sulfone groups is 1. The van der Waals surface area contributed by atoms with Crippen molar-refractivity contribution in [2.75, 3.05) is 0 Å². The molecule has 0 fully saturated rings. The molecule has 2 aromatic rings. The number of benzene rings is 2. The second kappa shape index (κ2) is 9.79. The zero-order chi connectivity index (χ0) is 19.9. The summed E-state index contributed by atoms with van der Waals surface area (Å²) >= 11 is 0. The highest BCUT2D eigenvalue weighted by Crippen LogP contribution is 2.40. The zero-order valence-electron chi connectivity index (χ0n) is 16.1. The molecule has 4 nitrogen and oxygen atoms in total. The van der Waals surface area contributed by atoms with E-state index in [1.54, 1.807) is 48.5 Å². The zero-order valence-corrected chi connectivity index (χ0v) is 17.0. The average Bonchev–Trinajstić information content (AvgIpc) is 2.65. The first kappa shape index (κ1) is 21.3. The van der Waals surface area contributed by atoms with Crippen LogP contribution in [0.4, 0.5) is 0 Å². The van der Waals surface area contributed by atoms with Crippen LogP contribution in [0.2, 0.25) is 0 Å². The van der Waals surface area contributed by atoms with Gasteiger partial charge in [0.2, 0.25) is 0 Å². The Balaban J connectivity index is 2.46. The van der Waals surface area contributed by atoms with Gasteiger partial charge in [0, 0.05) is 0 Å². The lowest BCUT2D eigenvalue weighted by atomic mass is 10.1. The monoisotopic (exact) mass is 390 g/mol. The molecule has 0 saturated heterocycles. The Morgan fingerprint density at radius 3 is 1.33 bits per heavy atom. The molecule has 148 valence electrons. The standard InChI is InChI=1S/C22H30O4S/c1-3-5-7-21(17-9-13-19(23)14-10-17)27(25,26)22(8-6-4-2)18-11-15-20(24)16-12-18/h9-16,21-24H,3-8H2,1-2H3. The van der Waals surface area contributed by atoms with Gasteiger partial charge in [0.1, 0.15) is 11.5 Å². The van der Waals surface area contributed by atoms with Crippen LogP contribution >= 0.6 is 0 Å². The maximum Gasteiger partial charge on any atom is 0.164 e. The van der Waals surface area contributed by atoms with Gasteiger partial charge in [-0.15, -0.1) is 0 Å². The van der Waals surface area contributed by atoms with Crippen molar-refractivity contribution in [3.63, 3.8) is 0 Å². The molecule has 2 atom stereocenters. The predicted octanol–water partition coefficient (Wildman–Crippen LogP) is 5.68. The summed E-state index contributed by atoms with van der Waals surface area (Å²) in [5.41, 5.74) is 1.45. The Morgan fingerprint density at radius 1 is 0.704 bits per heavy atom. The normalized spacial score (nSPS) is 14.0. The van der Waals surface area contributed by atoms with Gasteiger partial charge in [0.05, 0.1) is 10.5 Å². The van der Waals surface area contributed by atoms with Crippen molar-refractivity contribution < 1.29 is 18.6 Å². The lowest BCUT2D eigenvalue weighted by molar-refractivity contribution is 0.474. The van der Waals surface area contributed by atoms with E-state index in [4.69, 9.17) is 0 Å². The molecule has 0 saturated carbocycles. The molecule has 0 spiro atoms. The summed E-state index contributed by atoms with van der Waals surface area (Å²) in [5.74, 6) is 0.262. The summed E-state index contributed by atoms with van der Waals surface area (Å²) in [6, 6.07) is 13.0. The van der Waals surface area contributed by atoms with E-state index in [0.29, 0.717) is 12.8 Å². The van der Waals surface area contributed by atoms with Crippen molar-refractivity contribution >= 4 is 9.84 Å². The molecule has 2 aromatic carbocycles. The highest BCUT2D eigenvalue weighted by atomic mass is 32.2. The van der Waals surface area contributed by atoms with Gasteiger partial charge in [-0.05, 0) is 48.2 Å². The number of phenols is 2. The summed E-state index contributed by atoms with van der Waals surface area (Å²) in [7, 11) is -3.50. The van der Waals surface area contributed by atoms with E-state index in [-0.39, 0.29) is 11.5 Å². The molecular weight excluding hydrogens is 360 g/mol. The fourth-order valence-electron chi connectivity index (χ4n) is 3.40. The maximum atomic E-state index is 13.7. The minimum absolute atomic E-state index is 0.131. The van der Waals surface area contributed by atoms with Gasteiger partial charge in [-0.3, -0.25) is 0 Å². The number of aromatic hydroxyl groups is 2. The third-order valence-corrected chi connectivity index (χ3v) is 7.56. The third-order valence-electron chi connectivity index (χ3n) is 4.96. The Labute approximate surface area is 162 Å². The summed E-state index contributed by atoms with van der Waals surface area (Å²) in [4.78, 5) is 0. The molecule has 27 heavy (non-hydrogen) atoms. The first-order chi connectivity index (χ1) is 12.9. The highest BCUT2D eigenvalue weighted by Gasteiger charge is 2.35. The lowest BCUT2D eigenvalue weighted by Gasteiger charge is -2.25. The Hall–Kier alpha value is -2.01. The molecular formula is C22H30O4S. The Kier molecular flexibility index (Phi) is 7.72. The molecule has 2 N–H and O–H groups in total. The summed E-state index contributed by atoms with van der Waals surface area (Å²) in [6.07, 6.45) is 4.60. The fourth-order valence-corrected chi connectivity index (χ4v) is 5.86. The molecule has 2 rings (SSSR count). The summed E-state index contributed by atoms with van der Waals surface area (Å²) in [6.45, 7) is 4.10. The highest BCUT2D eigenvalue weighted by molar-refractivity contribution is 7.91. The van der Waals surface area contributed by atoms with E-state index in [0.717, 1.165) is 36.8 Å². The maximum absolute atomic E-state index is 13.7. The Morgan fingerprint density at radius 2 is 1.04 bits per heavy atom. The van der Waals surface area contributed by atoms with Crippen LogP contribution in [0.25, 0.3) is 0 Å². The lowest BCUT2D eigenvalue weighted by Crippen LogP contribution is -2.21. The number of rotatable bonds is 10. The van der Waals surface area contributed by atoms with E-state index in [9.17, 15) is 18.6 Å². The number of hydrogen-bond donors (Lipinski definition) is 2. The van der Waals surface area contributed by atoms with Crippen LogP contribution in [0.3, 0.4) is 0 Å². The van der Waals surface area contributed by atoms with Crippen molar-refractivity contribution in [3.05, 3.63) is 59.7 Å². The number of hydrogen-bond acceptors (Lipinski definition) is 4. The van der Waals surface area contributed by atoms with Gasteiger partial charge in [0.15, 0.2) is 9.84 Å². The molecule has 5 heteroatoms. The Bertz CT molecular complexity index is 732. The van der Waals surface area contributed by atoms with Crippen molar-refractivity contribution in [1.29, 1.82) is 0 Å². The third kappa shape index (κ3) is 5.48. The second-order valence-corrected chi connectivity index (χ2v) is 9.35. The van der Waals surface area contributed by atoms with Gasteiger partial charge < -0.3 is 10.2 Å².